The molecular formula is C15H18N4O. The van der Waals surface area contributed by atoms with E-state index >= 15 is 0 Å². The summed E-state index contributed by atoms with van der Waals surface area (Å²) in [5.74, 6) is 0.968. The van der Waals surface area contributed by atoms with Crippen molar-refractivity contribution in [1.29, 1.82) is 0 Å². The standard InChI is InChI=1S/C15H18N4O/c1-11-4-3-5-13(8-11)19-15(16)18-10-12-6-7-14(20-2)17-9-12/h3-9H,10H2,1-2H3,(H3,16,18,19). The maximum Gasteiger partial charge on any atom is 0.212 e. The van der Waals surface area contributed by atoms with Gasteiger partial charge in [0.25, 0.3) is 0 Å². The van der Waals surface area contributed by atoms with E-state index in [2.05, 4.69) is 15.3 Å². The molecule has 0 spiro atoms. The Morgan fingerprint density at radius 2 is 2.20 bits per heavy atom. The van der Waals surface area contributed by atoms with Gasteiger partial charge in [0, 0.05) is 18.0 Å². The van der Waals surface area contributed by atoms with Gasteiger partial charge >= 0.3 is 0 Å². The second-order valence-corrected chi connectivity index (χ2v) is 4.40. The smallest absolute Gasteiger partial charge is 0.212 e. The Morgan fingerprint density at radius 3 is 2.85 bits per heavy atom. The van der Waals surface area contributed by atoms with E-state index < -0.39 is 0 Å². The summed E-state index contributed by atoms with van der Waals surface area (Å²) < 4.78 is 5.00. The number of methoxy groups -OCH3 is 1. The second-order valence-electron chi connectivity index (χ2n) is 4.40. The van der Waals surface area contributed by atoms with Crippen LogP contribution in [0.5, 0.6) is 5.88 Å². The molecule has 5 heteroatoms. The van der Waals surface area contributed by atoms with Crippen LogP contribution in [0.2, 0.25) is 0 Å². The number of rotatable bonds is 4. The van der Waals surface area contributed by atoms with Gasteiger partial charge < -0.3 is 15.8 Å². The Hall–Kier alpha value is -2.56. The fourth-order valence-electron chi connectivity index (χ4n) is 1.71. The summed E-state index contributed by atoms with van der Waals surface area (Å²) in [6, 6.07) is 11.7. The lowest BCUT2D eigenvalue weighted by Gasteiger charge is -2.06. The quantitative estimate of drug-likeness (QED) is 0.660. The van der Waals surface area contributed by atoms with Crippen LogP contribution in [0.25, 0.3) is 0 Å². The predicted octanol–water partition coefficient (Wildman–Crippen LogP) is 2.33. The number of nitrogens with two attached hydrogens (primary N) is 1. The third kappa shape index (κ3) is 3.98. The fourth-order valence-corrected chi connectivity index (χ4v) is 1.71. The maximum atomic E-state index is 5.85. The molecule has 0 saturated heterocycles. The van der Waals surface area contributed by atoms with Crippen molar-refractivity contribution in [2.75, 3.05) is 12.4 Å². The fraction of sp³-hybridized carbons (Fsp3) is 0.200. The number of hydrogen-bond acceptors (Lipinski definition) is 3. The molecule has 5 nitrogen and oxygen atoms in total. The Bertz CT molecular complexity index is 593. The number of hydrogen-bond donors (Lipinski definition) is 2. The van der Waals surface area contributed by atoms with Crippen LogP contribution >= 0.6 is 0 Å². The van der Waals surface area contributed by atoms with Gasteiger partial charge in [-0.15, -0.1) is 0 Å². The third-order valence-corrected chi connectivity index (χ3v) is 2.73. The first kappa shape index (κ1) is 13.9. The highest BCUT2D eigenvalue weighted by Crippen LogP contribution is 2.10. The van der Waals surface area contributed by atoms with Crippen LogP contribution in [0.15, 0.2) is 47.6 Å². The van der Waals surface area contributed by atoms with Gasteiger partial charge in [-0.05, 0) is 30.2 Å². The lowest BCUT2D eigenvalue weighted by Crippen LogP contribution is -2.22. The van der Waals surface area contributed by atoms with Crippen molar-refractivity contribution >= 4 is 11.6 Å². The molecule has 0 unspecified atom stereocenters. The summed E-state index contributed by atoms with van der Waals surface area (Å²) in [5, 5.41) is 3.06. The SMILES string of the molecule is COc1ccc(CN=C(N)Nc2cccc(C)c2)cn1. The molecule has 1 aromatic heterocycles. The van der Waals surface area contributed by atoms with Crippen LogP contribution < -0.4 is 15.8 Å². The number of aliphatic imine (C=N–C) groups is 1. The van der Waals surface area contributed by atoms with E-state index in [1.54, 1.807) is 19.4 Å². The molecule has 0 aliphatic heterocycles. The summed E-state index contributed by atoms with van der Waals surface area (Å²) in [6.45, 7) is 2.50. The van der Waals surface area contributed by atoms with Gasteiger partial charge in [0.15, 0.2) is 5.96 Å². The van der Waals surface area contributed by atoms with Crippen molar-refractivity contribution in [3.05, 3.63) is 53.7 Å². The van der Waals surface area contributed by atoms with Crippen molar-refractivity contribution in [2.45, 2.75) is 13.5 Å². The number of aromatic nitrogens is 1. The van der Waals surface area contributed by atoms with Crippen LogP contribution in [0, 0.1) is 6.92 Å². The number of pyridine rings is 1. The number of anilines is 1. The Morgan fingerprint density at radius 1 is 1.35 bits per heavy atom. The van der Waals surface area contributed by atoms with Gasteiger partial charge in [-0.1, -0.05) is 18.2 Å². The van der Waals surface area contributed by atoms with Crippen LogP contribution in [-0.2, 0) is 6.54 Å². The Labute approximate surface area is 118 Å². The molecule has 0 radical (unpaired) electrons. The first-order valence-corrected chi connectivity index (χ1v) is 6.30. The predicted molar refractivity (Wildman–Crippen MR) is 80.9 cm³/mol. The van der Waals surface area contributed by atoms with Crippen molar-refractivity contribution in [3.63, 3.8) is 0 Å². The zero-order valence-electron chi connectivity index (χ0n) is 11.6. The summed E-state index contributed by atoms with van der Waals surface area (Å²) >= 11 is 0. The summed E-state index contributed by atoms with van der Waals surface area (Å²) in [7, 11) is 1.59. The van der Waals surface area contributed by atoms with E-state index in [0.29, 0.717) is 18.4 Å². The molecule has 0 aliphatic rings. The molecule has 0 aliphatic carbocycles. The van der Waals surface area contributed by atoms with E-state index in [1.807, 2.05) is 37.3 Å². The molecule has 0 fully saturated rings. The minimum atomic E-state index is 0.381. The highest BCUT2D eigenvalue weighted by atomic mass is 16.5. The molecule has 3 N–H and O–H groups in total. The summed E-state index contributed by atoms with van der Waals surface area (Å²) in [4.78, 5) is 8.40. The van der Waals surface area contributed by atoms with Crippen LogP contribution in [-0.4, -0.2) is 18.1 Å². The van der Waals surface area contributed by atoms with Crippen molar-refractivity contribution in [3.8, 4) is 5.88 Å². The Balaban J connectivity index is 1.96. The van der Waals surface area contributed by atoms with Crippen LogP contribution in [0.1, 0.15) is 11.1 Å². The van der Waals surface area contributed by atoms with Gasteiger partial charge in [0.1, 0.15) is 0 Å². The number of guanidine groups is 1. The zero-order chi connectivity index (χ0) is 14.4. The molecular weight excluding hydrogens is 252 g/mol. The van der Waals surface area contributed by atoms with Gasteiger partial charge in [-0.3, -0.25) is 0 Å². The minimum Gasteiger partial charge on any atom is -0.481 e. The first-order chi connectivity index (χ1) is 9.67. The minimum absolute atomic E-state index is 0.381. The van der Waals surface area contributed by atoms with Gasteiger partial charge in [0.05, 0.1) is 13.7 Å². The normalized spacial score (nSPS) is 11.2. The number of aryl methyl sites for hydroxylation is 1. The lowest BCUT2D eigenvalue weighted by molar-refractivity contribution is 0.397. The van der Waals surface area contributed by atoms with Crippen LogP contribution in [0.4, 0.5) is 5.69 Å². The lowest BCUT2D eigenvalue weighted by atomic mass is 10.2. The highest BCUT2D eigenvalue weighted by Gasteiger charge is 1.97. The molecule has 0 amide bonds. The molecule has 2 aromatic rings. The van der Waals surface area contributed by atoms with E-state index in [1.165, 1.54) is 5.56 Å². The number of nitrogens with one attached hydrogen (secondary N) is 1. The van der Waals surface area contributed by atoms with E-state index in [-0.39, 0.29) is 0 Å². The molecule has 0 atom stereocenters. The first-order valence-electron chi connectivity index (χ1n) is 6.30. The van der Waals surface area contributed by atoms with Crippen molar-refractivity contribution < 1.29 is 4.74 Å². The van der Waals surface area contributed by atoms with Gasteiger partial charge in [0.2, 0.25) is 5.88 Å². The monoisotopic (exact) mass is 270 g/mol. The van der Waals surface area contributed by atoms with E-state index in [4.69, 9.17) is 10.5 Å². The maximum absolute atomic E-state index is 5.85. The van der Waals surface area contributed by atoms with Crippen LogP contribution in [0.3, 0.4) is 0 Å². The van der Waals surface area contributed by atoms with E-state index in [0.717, 1.165) is 11.3 Å². The molecule has 1 aromatic carbocycles. The average Bonchev–Trinajstić information content (AvgIpc) is 2.46. The topological polar surface area (TPSA) is 72.5 Å². The molecule has 2 rings (SSSR count). The van der Waals surface area contributed by atoms with Gasteiger partial charge in [-0.25, -0.2) is 9.98 Å². The zero-order valence-corrected chi connectivity index (χ0v) is 11.6. The van der Waals surface area contributed by atoms with Crippen molar-refractivity contribution in [1.82, 2.24) is 4.98 Å². The average molecular weight is 270 g/mol. The largest absolute Gasteiger partial charge is 0.481 e. The Kier molecular flexibility index (Phi) is 4.55. The number of benzene rings is 1. The van der Waals surface area contributed by atoms with Gasteiger partial charge in [-0.2, -0.15) is 0 Å². The molecule has 20 heavy (non-hydrogen) atoms. The van der Waals surface area contributed by atoms with Crippen molar-refractivity contribution in [2.24, 2.45) is 10.7 Å². The number of nitrogens with zero attached hydrogens (tertiary/aromatic N) is 2. The molecule has 104 valence electrons. The van der Waals surface area contributed by atoms with E-state index in [9.17, 15) is 0 Å². The summed E-state index contributed by atoms with van der Waals surface area (Å²) in [6.07, 6.45) is 1.72. The number of ether oxygens (including phenoxy) is 1. The highest BCUT2D eigenvalue weighted by molar-refractivity contribution is 5.92. The molecule has 0 bridgehead atoms. The summed E-state index contributed by atoms with van der Waals surface area (Å²) in [5.41, 5.74) is 8.92. The molecule has 0 saturated carbocycles. The molecule has 1 heterocycles. The third-order valence-electron chi connectivity index (χ3n) is 2.73. The second kappa shape index (κ2) is 6.56.